The molecule has 0 radical (unpaired) electrons. The second-order valence-electron chi connectivity index (χ2n) is 8.92. The number of piperidine rings is 1. The molecule has 3 amide bonds. The molecule has 0 N–H and O–H groups in total. The van der Waals surface area contributed by atoms with Gasteiger partial charge in [0, 0.05) is 26.7 Å². The maximum Gasteiger partial charge on any atom is 0.263 e. The van der Waals surface area contributed by atoms with E-state index in [0.717, 1.165) is 38.8 Å². The lowest BCUT2D eigenvalue weighted by atomic mass is 9.95. The normalized spacial score (nSPS) is 18.0. The molecule has 0 spiro atoms. The molecule has 2 aliphatic heterocycles. The minimum Gasteiger partial charge on any atom is -0.370 e. The van der Waals surface area contributed by atoms with Gasteiger partial charge in [0.25, 0.3) is 11.8 Å². The van der Waals surface area contributed by atoms with Crippen molar-refractivity contribution in [3.05, 3.63) is 65.0 Å². The van der Waals surface area contributed by atoms with Crippen LogP contribution in [0.25, 0.3) is 0 Å². The summed E-state index contributed by atoms with van der Waals surface area (Å²) in [5.74, 6) is -1.14. The molecule has 1 unspecified atom stereocenters. The summed E-state index contributed by atoms with van der Waals surface area (Å²) < 4.78 is 13.6. The van der Waals surface area contributed by atoms with Crippen LogP contribution in [0.3, 0.4) is 0 Å². The Kier molecular flexibility index (Phi) is 6.77. The average Bonchev–Trinajstić information content (AvgIpc) is 3.07. The number of rotatable bonds is 7. The predicted molar refractivity (Wildman–Crippen MR) is 125 cm³/mol. The Balaban J connectivity index is 1.55. The monoisotopic (exact) mass is 451 g/mol. The van der Waals surface area contributed by atoms with E-state index in [1.807, 2.05) is 18.0 Å². The molecular formula is C26H30FN3O3. The van der Waals surface area contributed by atoms with Gasteiger partial charge in [-0.2, -0.15) is 0 Å². The summed E-state index contributed by atoms with van der Waals surface area (Å²) in [7, 11) is 1.85. The molecule has 2 aromatic carbocycles. The number of fused-ring (bicyclic) bond motifs is 1. The number of benzene rings is 2. The van der Waals surface area contributed by atoms with E-state index in [0.29, 0.717) is 28.9 Å². The molecule has 2 aromatic rings. The lowest BCUT2D eigenvalue weighted by Gasteiger charge is -2.36. The quantitative estimate of drug-likeness (QED) is 0.595. The smallest absolute Gasteiger partial charge is 0.263 e. The van der Waals surface area contributed by atoms with Gasteiger partial charge in [0.05, 0.1) is 29.3 Å². The third-order valence-electron chi connectivity index (χ3n) is 6.54. The van der Waals surface area contributed by atoms with E-state index < -0.39 is 5.82 Å². The van der Waals surface area contributed by atoms with Gasteiger partial charge in [0.15, 0.2) is 0 Å². The van der Waals surface area contributed by atoms with Crippen molar-refractivity contribution in [2.75, 3.05) is 31.6 Å². The van der Waals surface area contributed by atoms with E-state index >= 15 is 0 Å². The molecule has 1 saturated heterocycles. The highest BCUT2D eigenvalue weighted by molar-refractivity contribution is 6.23. The van der Waals surface area contributed by atoms with Crippen molar-refractivity contribution in [2.24, 2.45) is 5.92 Å². The fraction of sp³-hybridized carbons (Fsp3) is 0.423. The molecule has 2 heterocycles. The van der Waals surface area contributed by atoms with Gasteiger partial charge in [-0.25, -0.2) is 4.39 Å². The van der Waals surface area contributed by atoms with Gasteiger partial charge in [0.1, 0.15) is 5.82 Å². The number of carbonyl (C=O) groups excluding carboxylic acids is 3. The number of hydrogen-bond acceptors (Lipinski definition) is 4. The van der Waals surface area contributed by atoms with Crippen LogP contribution in [0.4, 0.5) is 10.1 Å². The predicted octanol–water partition coefficient (Wildman–Crippen LogP) is 4.10. The third-order valence-corrected chi connectivity index (χ3v) is 6.54. The van der Waals surface area contributed by atoms with Crippen LogP contribution < -0.4 is 4.90 Å². The van der Waals surface area contributed by atoms with Crippen LogP contribution in [-0.4, -0.2) is 54.2 Å². The summed E-state index contributed by atoms with van der Waals surface area (Å²) in [5, 5.41) is 0. The molecule has 0 aliphatic carbocycles. The number of halogens is 1. The molecule has 33 heavy (non-hydrogen) atoms. The zero-order valence-corrected chi connectivity index (χ0v) is 19.2. The molecule has 6 nitrogen and oxygen atoms in total. The van der Waals surface area contributed by atoms with Crippen LogP contribution in [0.2, 0.25) is 0 Å². The van der Waals surface area contributed by atoms with Gasteiger partial charge < -0.3 is 9.80 Å². The van der Waals surface area contributed by atoms with Gasteiger partial charge >= 0.3 is 0 Å². The Morgan fingerprint density at radius 1 is 1.15 bits per heavy atom. The van der Waals surface area contributed by atoms with Gasteiger partial charge in [-0.15, -0.1) is 0 Å². The molecule has 0 bridgehead atoms. The molecule has 0 saturated carbocycles. The molecule has 1 fully saturated rings. The number of amides is 3. The Labute approximate surface area is 194 Å². The van der Waals surface area contributed by atoms with E-state index in [2.05, 4.69) is 11.8 Å². The Morgan fingerprint density at radius 3 is 2.70 bits per heavy atom. The first-order valence-electron chi connectivity index (χ1n) is 11.6. The van der Waals surface area contributed by atoms with E-state index in [9.17, 15) is 18.8 Å². The summed E-state index contributed by atoms with van der Waals surface area (Å²) in [6.07, 6.45) is 3.67. The standard InChI is InChI=1S/C26H30FN3O3/c1-3-4-13-28(2)24(31)19-9-7-14-29(17-19)22-12-6-11-21-23(22)26(33)30(25(21)32)16-18-8-5-10-20(27)15-18/h5-6,8,10-12,15,19H,3-4,7,9,13-14,16-17H2,1-2H3. The number of anilines is 1. The SMILES string of the molecule is CCCCN(C)C(=O)C1CCCN(c2cccc3c2C(=O)N(Cc2cccc(F)c2)C3=O)C1. The van der Waals surface area contributed by atoms with E-state index in [-0.39, 0.29) is 30.2 Å². The number of nitrogens with zero attached hydrogens (tertiary/aromatic N) is 3. The number of carbonyl (C=O) groups is 3. The largest absolute Gasteiger partial charge is 0.370 e. The number of hydrogen-bond donors (Lipinski definition) is 0. The Bertz CT molecular complexity index is 1070. The molecule has 7 heteroatoms. The lowest BCUT2D eigenvalue weighted by Crippen LogP contribution is -2.44. The fourth-order valence-electron chi connectivity index (χ4n) is 4.76. The first-order valence-corrected chi connectivity index (χ1v) is 11.6. The Morgan fingerprint density at radius 2 is 1.94 bits per heavy atom. The van der Waals surface area contributed by atoms with Crippen molar-refractivity contribution < 1.29 is 18.8 Å². The summed E-state index contributed by atoms with van der Waals surface area (Å²) in [4.78, 5) is 44.3. The first kappa shape index (κ1) is 23.0. The van der Waals surface area contributed by atoms with Crippen LogP contribution in [0, 0.1) is 11.7 Å². The van der Waals surface area contributed by atoms with E-state index in [1.54, 1.807) is 24.3 Å². The second kappa shape index (κ2) is 9.73. The van der Waals surface area contributed by atoms with Crippen molar-refractivity contribution >= 4 is 23.4 Å². The summed E-state index contributed by atoms with van der Waals surface area (Å²) in [6.45, 7) is 4.12. The van der Waals surface area contributed by atoms with Gasteiger partial charge in [-0.05, 0) is 49.1 Å². The van der Waals surface area contributed by atoms with Crippen molar-refractivity contribution in [1.29, 1.82) is 0 Å². The highest BCUT2D eigenvalue weighted by Gasteiger charge is 2.39. The zero-order chi connectivity index (χ0) is 23.5. The van der Waals surface area contributed by atoms with Crippen molar-refractivity contribution in [3.8, 4) is 0 Å². The van der Waals surface area contributed by atoms with E-state index in [4.69, 9.17) is 0 Å². The van der Waals surface area contributed by atoms with Gasteiger partial charge in [0.2, 0.25) is 5.91 Å². The van der Waals surface area contributed by atoms with Crippen LogP contribution in [0.1, 0.15) is 58.9 Å². The maximum absolute atomic E-state index is 13.6. The summed E-state index contributed by atoms with van der Waals surface area (Å²) in [5.41, 5.74) is 2.00. The highest BCUT2D eigenvalue weighted by atomic mass is 19.1. The average molecular weight is 452 g/mol. The minimum atomic E-state index is -0.405. The second-order valence-corrected chi connectivity index (χ2v) is 8.92. The lowest BCUT2D eigenvalue weighted by molar-refractivity contribution is -0.134. The highest BCUT2D eigenvalue weighted by Crippen LogP contribution is 2.35. The van der Waals surface area contributed by atoms with Crippen LogP contribution in [0.15, 0.2) is 42.5 Å². The molecule has 4 rings (SSSR count). The fourth-order valence-corrected chi connectivity index (χ4v) is 4.76. The maximum atomic E-state index is 13.6. The number of unbranched alkanes of at least 4 members (excludes halogenated alkanes) is 1. The number of imide groups is 1. The molecule has 1 atom stereocenters. The zero-order valence-electron chi connectivity index (χ0n) is 19.2. The summed E-state index contributed by atoms with van der Waals surface area (Å²) >= 11 is 0. The first-order chi connectivity index (χ1) is 15.9. The van der Waals surface area contributed by atoms with Gasteiger partial charge in [-0.3, -0.25) is 19.3 Å². The van der Waals surface area contributed by atoms with Gasteiger partial charge in [-0.1, -0.05) is 31.5 Å². The van der Waals surface area contributed by atoms with Crippen molar-refractivity contribution in [2.45, 2.75) is 39.2 Å². The van der Waals surface area contributed by atoms with Crippen LogP contribution in [-0.2, 0) is 11.3 Å². The van der Waals surface area contributed by atoms with Crippen LogP contribution >= 0.6 is 0 Å². The molecular weight excluding hydrogens is 421 g/mol. The third kappa shape index (κ3) is 4.63. The summed E-state index contributed by atoms with van der Waals surface area (Å²) in [6, 6.07) is 11.2. The molecule has 174 valence electrons. The van der Waals surface area contributed by atoms with E-state index in [1.165, 1.54) is 17.0 Å². The van der Waals surface area contributed by atoms with Crippen LogP contribution in [0.5, 0.6) is 0 Å². The molecule has 0 aromatic heterocycles. The van der Waals surface area contributed by atoms with Crippen molar-refractivity contribution in [1.82, 2.24) is 9.80 Å². The van der Waals surface area contributed by atoms with Crippen molar-refractivity contribution in [3.63, 3.8) is 0 Å². The minimum absolute atomic E-state index is 0.0207. The Hall–Kier alpha value is -3.22. The topological polar surface area (TPSA) is 60.9 Å². The molecule has 2 aliphatic rings.